The summed E-state index contributed by atoms with van der Waals surface area (Å²) in [6.45, 7) is 4.20. The van der Waals surface area contributed by atoms with E-state index in [2.05, 4.69) is 41.3 Å². The maximum Gasteiger partial charge on any atom is 0.261 e. The van der Waals surface area contributed by atoms with Crippen LogP contribution in [-0.4, -0.2) is 22.2 Å². The largest absolute Gasteiger partial charge is 0.367 e. The fourth-order valence-electron chi connectivity index (χ4n) is 2.67. The zero-order chi connectivity index (χ0) is 15.2. The Hall–Kier alpha value is -1.91. The summed E-state index contributed by atoms with van der Waals surface area (Å²) in [6.07, 6.45) is 10.3. The number of nitrogens with one attached hydrogen (secondary N) is 3. The van der Waals surface area contributed by atoms with Gasteiger partial charge in [-0.15, -0.1) is 0 Å². The van der Waals surface area contributed by atoms with Gasteiger partial charge in [0.25, 0.3) is 5.56 Å². The number of aromatic nitrogens is 2. The highest BCUT2D eigenvalue weighted by atomic mass is 16.1. The van der Waals surface area contributed by atoms with Gasteiger partial charge in [0.1, 0.15) is 11.6 Å². The van der Waals surface area contributed by atoms with E-state index in [0.29, 0.717) is 23.1 Å². The predicted octanol–water partition coefficient (Wildman–Crippen LogP) is 2.88. The van der Waals surface area contributed by atoms with Gasteiger partial charge in [0, 0.05) is 18.7 Å². The van der Waals surface area contributed by atoms with E-state index in [9.17, 15) is 4.79 Å². The summed E-state index contributed by atoms with van der Waals surface area (Å²) in [4.78, 5) is 19.5. The van der Waals surface area contributed by atoms with Gasteiger partial charge in [-0.25, -0.2) is 4.98 Å². The summed E-state index contributed by atoms with van der Waals surface area (Å²) < 4.78 is 0. The van der Waals surface area contributed by atoms with E-state index in [1.165, 1.54) is 0 Å². The number of rotatable bonds is 7. The predicted molar refractivity (Wildman–Crippen MR) is 86.3 cm³/mol. The quantitative estimate of drug-likeness (QED) is 0.533. The second-order valence-corrected chi connectivity index (χ2v) is 5.55. The van der Waals surface area contributed by atoms with Crippen LogP contribution < -0.4 is 10.9 Å². The Labute approximate surface area is 125 Å². The minimum atomic E-state index is -0.231. The Balaban J connectivity index is 2.27. The molecule has 5 nitrogen and oxygen atoms in total. The van der Waals surface area contributed by atoms with Crippen LogP contribution in [-0.2, 0) is 6.42 Å². The van der Waals surface area contributed by atoms with Crippen LogP contribution in [0.2, 0.25) is 0 Å². The molecule has 0 saturated carbocycles. The average Bonchev–Trinajstić information content (AvgIpc) is 2.97. The Morgan fingerprint density at radius 1 is 1.52 bits per heavy atom. The molecular weight excluding hydrogens is 264 g/mol. The number of H-pyrrole nitrogens is 1. The summed E-state index contributed by atoms with van der Waals surface area (Å²) in [5.41, 5.74) is 0.0815. The first-order chi connectivity index (χ1) is 10.2. The van der Waals surface area contributed by atoms with Crippen molar-refractivity contribution in [1.82, 2.24) is 9.97 Å². The van der Waals surface area contributed by atoms with Gasteiger partial charge in [-0.05, 0) is 31.6 Å². The molecule has 0 radical (unpaired) electrons. The van der Waals surface area contributed by atoms with Crippen LogP contribution in [0.15, 0.2) is 16.9 Å². The monoisotopic (exact) mass is 288 g/mol. The van der Waals surface area contributed by atoms with Crippen molar-refractivity contribution >= 4 is 12.0 Å². The molecule has 0 amide bonds. The highest BCUT2D eigenvalue weighted by Gasteiger charge is 2.16. The molecule has 3 N–H and O–H groups in total. The molecular formula is C16H24N4O. The molecule has 0 spiro atoms. The van der Waals surface area contributed by atoms with E-state index < -0.39 is 0 Å². The van der Waals surface area contributed by atoms with Crippen LogP contribution in [0.5, 0.6) is 0 Å². The van der Waals surface area contributed by atoms with Crippen LogP contribution in [0.1, 0.15) is 50.9 Å². The lowest BCUT2D eigenvalue weighted by atomic mass is 10.0. The molecule has 21 heavy (non-hydrogen) atoms. The smallest absolute Gasteiger partial charge is 0.261 e. The molecule has 0 fully saturated rings. The second-order valence-electron chi connectivity index (χ2n) is 5.55. The second kappa shape index (κ2) is 7.20. The molecule has 1 aromatic rings. The van der Waals surface area contributed by atoms with E-state index in [0.717, 1.165) is 38.3 Å². The van der Waals surface area contributed by atoms with Crippen molar-refractivity contribution in [3.05, 3.63) is 33.9 Å². The van der Waals surface area contributed by atoms with Gasteiger partial charge in [0.2, 0.25) is 0 Å². The number of aromatic amines is 1. The highest BCUT2D eigenvalue weighted by molar-refractivity contribution is 5.83. The van der Waals surface area contributed by atoms with Crippen molar-refractivity contribution in [3.8, 4) is 0 Å². The van der Waals surface area contributed by atoms with Gasteiger partial charge in [-0.2, -0.15) is 0 Å². The fourth-order valence-corrected chi connectivity index (χ4v) is 2.67. The van der Waals surface area contributed by atoms with Gasteiger partial charge in [0.05, 0.1) is 5.56 Å². The molecule has 0 aliphatic heterocycles. The first kappa shape index (κ1) is 15.5. The average molecular weight is 288 g/mol. The van der Waals surface area contributed by atoms with Crippen molar-refractivity contribution in [2.45, 2.75) is 52.0 Å². The Morgan fingerprint density at radius 2 is 2.29 bits per heavy atom. The minimum absolute atomic E-state index is 0.231. The number of hydrogen-bond acceptors (Lipinski definition) is 4. The maximum atomic E-state index is 12.1. The first-order valence-electron chi connectivity index (χ1n) is 7.74. The molecule has 1 aromatic heterocycles. The standard InChI is InChI=1S/C16H24N4O/c1-3-12(4-2)18-15-13(10-17)16(21)20-14(19-15)9-11-7-5-6-8-11/h5,7,10-12,17H,3-4,6,8-9H2,1-2H3,(H2,18,19,20,21). The van der Waals surface area contributed by atoms with Gasteiger partial charge < -0.3 is 15.7 Å². The SMILES string of the molecule is CCC(CC)Nc1nc(CC2C=CCC2)[nH]c(=O)c1C=N. The summed E-state index contributed by atoms with van der Waals surface area (Å²) in [5, 5.41) is 10.7. The van der Waals surface area contributed by atoms with E-state index >= 15 is 0 Å². The van der Waals surface area contributed by atoms with Crippen LogP contribution >= 0.6 is 0 Å². The Morgan fingerprint density at radius 3 is 2.86 bits per heavy atom. The van der Waals surface area contributed by atoms with Crippen molar-refractivity contribution in [3.63, 3.8) is 0 Å². The molecule has 0 bridgehead atoms. The third-order valence-corrected chi connectivity index (χ3v) is 4.04. The van der Waals surface area contributed by atoms with Crippen LogP contribution in [0.3, 0.4) is 0 Å². The molecule has 1 aliphatic carbocycles. The summed E-state index contributed by atoms with van der Waals surface area (Å²) in [7, 11) is 0. The zero-order valence-corrected chi connectivity index (χ0v) is 12.8. The van der Waals surface area contributed by atoms with Crippen molar-refractivity contribution < 1.29 is 0 Å². The molecule has 0 aromatic carbocycles. The van der Waals surface area contributed by atoms with E-state index in [1.807, 2.05) is 0 Å². The zero-order valence-electron chi connectivity index (χ0n) is 12.8. The Kier molecular flexibility index (Phi) is 5.31. The first-order valence-corrected chi connectivity index (χ1v) is 7.74. The topological polar surface area (TPSA) is 81.6 Å². The lowest BCUT2D eigenvalue weighted by Gasteiger charge is -2.17. The number of hydrogen-bond donors (Lipinski definition) is 3. The Bertz CT molecular complexity index is 572. The van der Waals surface area contributed by atoms with Crippen LogP contribution in [0.25, 0.3) is 0 Å². The summed E-state index contributed by atoms with van der Waals surface area (Å²) in [5.74, 6) is 1.70. The van der Waals surface area contributed by atoms with Gasteiger partial charge >= 0.3 is 0 Å². The third-order valence-electron chi connectivity index (χ3n) is 4.04. The van der Waals surface area contributed by atoms with E-state index in [-0.39, 0.29) is 11.6 Å². The van der Waals surface area contributed by atoms with Crippen LogP contribution in [0.4, 0.5) is 5.82 Å². The highest BCUT2D eigenvalue weighted by Crippen LogP contribution is 2.20. The van der Waals surface area contributed by atoms with Crippen molar-refractivity contribution in [2.24, 2.45) is 5.92 Å². The molecule has 2 rings (SSSR count). The van der Waals surface area contributed by atoms with Crippen LogP contribution in [0, 0.1) is 11.3 Å². The van der Waals surface area contributed by atoms with Gasteiger partial charge in [0.15, 0.2) is 0 Å². The molecule has 1 heterocycles. The third kappa shape index (κ3) is 3.80. The molecule has 5 heteroatoms. The fraction of sp³-hybridized carbons (Fsp3) is 0.562. The van der Waals surface area contributed by atoms with Gasteiger partial charge in [-0.1, -0.05) is 26.0 Å². The lowest BCUT2D eigenvalue weighted by Crippen LogP contribution is -2.25. The molecule has 114 valence electrons. The minimum Gasteiger partial charge on any atom is -0.367 e. The normalized spacial score (nSPS) is 17.4. The van der Waals surface area contributed by atoms with E-state index in [1.54, 1.807) is 0 Å². The van der Waals surface area contributed by atoms with E-state index in [4.69, 9.17) is 5.41 Å². The number of allylic oxidation sites excluding steroid dienone is 2. The molecule has 1 unspecified atom stereocenters. The molecule has 0 saturated heterocycles. The summed E-state index contributed by atoms with van der Waals surface area (Å²) >= 11 is 0. The molecule has 1 atom stereocenters. The lowest BCUT2D eigenvalue weighted by molar-refractivity contribution is 0.605. The van der Waals surface area contributed by atoms with Gasteiger partial charge in [-0.3, -0.25) is 4.79 Å². The van der Waals surface area contributed by atoms with Crippen molar-refractivity contribution in [1.29, 1.82) is 5.41 Å². The molecule has 1 aliphatic rings. The van der Waals surface area contributed by atoms with Crippen molar-refractivity contribution in [2.75, 3.05) is 5.32 Å². The maximum absolute atomic E-state index is 12.1. The number of anilines is 1. The summed E-state index contributed by atoms with van der Waals surface area (Å²) in [6, 6.07) is 0.275. The number of nitrogens with zero attached hydrogens (tertiary/aromatic N) is 1.